The highest BCUT2D eigenvalue weighted by molar-refractivity contribution is 5.65. The van der Waals surface area contributed by atoms with Crippen molar-refractivity contribution in [2.24, 2.45) is 0 Å². The molecular formula is C17H26N2O2. The van der Waals surface area contributed by atoms with Crippen molar-refractivity contribution in [3.05, 3.63) is 29.3 Å². The monoisotopic (exact) mass is 290 g/mol. The van der Waals surface area contributed by atoms with E-state index in [-0.39, 0.29) is 0 Å². The summed E-state index contributed by atoms with van der Waals surface area (Å²) in [5.41, 5.74) is 3.95. The van der Waals surface area contributed by atoms with Gasteiger partial charge in [-0.1, -0.05) is 13.0 Å². The van der Waals surface area contributed by atoms with Crippen LogP contribution in [0.1, 0.15) is 50.7 Å². The second kappa shape index (κ2) is 6.83. The van der Waals surface area contributed by atoms with E-state index in [1.807, 2.05) is 0 Å². The Labute approximate surface area is 127 Å². The number of amides is 1. The van der Waals surface area contributed by atoms with Crippen LogP contribution in [0.5, 0.6) is 0 Å². The predicted molar refractivity (Wildman–Crippen MR) is 86.2 cm³/mol. The standard InChI is InChI=1S/C17H26N2O2/c1-4-13-5-6-15(18-12(2)3)11-16(13)14-7-9-19(10-8-14)17(20)21/h5-6,11-12,14,18H,4,7-10H2,1-3H3,(H,20,21). The lowest BCUT2D eigenvalue weighted by Crippen LogP contribution is -2.37. The molecule has 1 aromatic carbocycles. The summed E-state index contributed by atoms with van der Waals surface area (Å²) in [6, 6.07) is 7.04. The average molecular weight is 290 g/mol. The maximum absolute atomic E-state index is 11.0. The smallest absolute Gasteiger partial charge is 0.407 e. The van der Waals surface area contributed by atoms with E-state index in [2.05, 4.69) is 44.3 Å². The molecule has 21 heavy (non-hydrogen) atoms. The normalized spacial score (nSPS) is 16.3. The molecule has 0 aromatic heterocycles. The fourth-order valence-electron chi connectivity index (χ4n) is 3.10. The Morgan fingerprint density at radius 3 is 2.57 bits per heavy atom. The Morgan fingerprint density at radius 2 is 2.05 bits per heavy atom. The first-order valence-corrected chi connectivity index (χ1v) is 7.88. The second-order valence-corrected chi connectivity index (χ2v) is 6.11. The fourth-order valence-corrected chi connectivity index (χ4v) is 3.10. The highest BCUT2D eigenvalue weighted by atomic mass is 16.4. The zero-order chi connectivity index (χ0) is 15.4. The molecule has 1 aliphatic heterocycles. The summed E-state index contributed by atoms with van der Waals surface area (Å²) < 4.78 is 0. The topological polar surface area (TPSA) is 52.6 Å². The summed E-state index contributed by atoms with van der Waals surface area (Å²) in [6.07, 6.45) is 2.07. The zero-order valence-corrected chi connectivity index (χ0v) is 13.2. The minimum atomic E-state index is -0.792. The predicted octanol–water partition coefficient (Wildman–Crippen LogP) is 3.93. The van der Waals surface area contributed by atoms with Crippen molar-refractivity contribution in [2.75, 3.05) is 18.4 Å². The van der Waals surface area contributed by atoms with Crippen LogP contribution in [0.3, 0.4) is 0 Å². The van der Waals surface area contributed by atoms with Gasteiger partial charge in [0, 0.05) is 24.8 Å². The Hall–Kier alpha value is -1.71. The van der Waals surface area contributed by atoms with E-state index in [1.165, 1.54) is 16.0 Å². The van der Waals surface area contributed by atoms with Crippen LogP contribution in [0.15, 0.2) is 18.2 Å². The average Bonchev–Trinajstić information content (AvgIpc) is 2.46. The van der Waals surface area contributed by atoms with Crippen molar-refractivity contribution in [3.8, 4) is 0 Å². The number of piperidine rings is 1. The lowest BCUT2D eigenvalue weighted by atomic mass is 9.85. The number of nitrogens with zero attached hydrogens (tertiary/aromatic N) is 1. The first kappa shape index (κ1) is 15.7. The molecular weight excluding hydrogens is 264 g/mol. The summed E-state index contributed by atoms with van der Waals surface area (Å²) >= 11 is 0. The Bertz CT molecular complexity index is 492. The molecule has 1 amide bonds. The van der Waals surface area contributed by atoms with Crippen LogP contribution in [-0.2, 0) is 6.42 Å². The van der Waals surface area contributed by atoms with Gasteiger partial charge in [0.2, 0.25) is 0 Å². The van der Waals surface area contributed by atoms with Crippen LogP contribution >= 0.6 is 0 Å². The van der Waals surface area contributed by atoms with Crippen molar-refractivity contribution in [3.63, 3.8) is 0 Å². The van der Waals surface area contributed by atoms with Crippen LogP contribution in [0.2, 0.25) is 0 Å². The molecule has 116 valence electrons. The van der Waals surface area contributed by atoms with E-state index in [1.54, 1.807) is 0 Å². The first-order valence-electron chi connectivity index (χ1n) is 7.88. The summed E-state index contributed by atoms with van der Waals surface area (Å²) in [5.74, 6) is 0.476. The zero-order valence-electron chi connectivity index (χ0n) is 13.2. The van der Waals surface area contributed by atoms with Gasteiger partial charge in [0.05, 0.1) is 0 Å². The lowest BCUT2D eigenvalue weighted by Gasteiger charge is -2.31. The quantitative estimate of drug-likeness (QED) is 0.883. The van der Waals surface area contributed by atoms with Crippen molar-refractivity contribution in [2.45, 2.75) is 52.0 Å². The third-order valence-electron chi connectivity index (χ3n) is 4.19. The molecule has 2 rings (SSSR count). The van der Waals surface area contributed by atoms with Crippen LogP contribution in [-0.4, -0.2) is 35.2 Å². The van der Waals surface area contributed by atoms with E-state index in [0.717, 1.165) is 24.9 Å². The minimum Gasteiger partial charge on any atom is -0.465 e. The summed E-state index contributed by atoms with van der Waals surface area (Å²) in [4.78, 5) is 12.5. The molecule has 0 atom stereocenters. The summed E-state index contributed by atoms with van der Waals surface area (Å²) in [6.45, 7) is 7.74. The van der Waals surface area contributed by atoms with Crippen molar-refractivity contribution in [1.82, 2.24) is 4.90 Å². The maximum Gasteiger partial charge on any atom is 0.407 e. The lowest BCUT2D eigenvalue weighted by molar-refractivity contribution is 0.132. The van der Waals surface area contributed by atoms with Crippen molar-refractivity contribution in [1.29, 1.82) is 0 Å². The number of benzene rings is 1. The highest BCUT2D eigenvalue weighted by Gasteiger charge is 2.24. The van der Waals surface area contributed by atoms with Gasteiger partial charge >= 0.3 is 6.09 Å². The van der Waals surface area contributed by atoms with Crippen LogP contribution in [0.25, 0.3) is 0 Å². The number of rotatable bonds is 4. The molecule has 1 heterocycles. The first-order chi connectivity index (χ1) is 10.0. The molecule has 2 N–H and O–H groups in total. The van der Waals surface area contributed by atoms with E-state index in [0.29, 0.717) is 25.0 Å². The number of likely N-dealkylation sites (tertiary alicyclic amines) is 1. The minimum absolute atomic E-state index is 0.416. The molecule has 1 aromatic rings. The van der Waals surface area contributed by atoms with Gasteiger partial charge in [0.15, 0.2) is 0 Å². The summed E-state index contributed by atoms with van der Waals surface area (Å²) in [5, 5.41) is 12.5. The van der Waals surface area contributed by atoms with Crippen molar-refractivity contribution < 1.29 is 9.90 Å². The van der Waals surface area contributed by atoms with Gasteiger partial charge in [-0.2, -0.15) is 0 Å². The van der Waals surface area contributed by atoms with Gasteiger partial charge in [-0.05, 0) is 62.3 Å². The molecule has 0 aliphatic carbocycles. The molecule has 4 nitrogen and oxygen atoms in total. The third-order valence-corrected chi connectivity index (χ3v) is 4.19. The number of hydrogen-bond donors (Lipinski definition) is 2. The second-order valence-electron chi connectivity index (χ2n) is 6.11. The highest BCUT2D eigenvalue weighted by Crippen LogP contribution is 2.32. The van der Waals surface area contributed by atoms with Gasteiger partial charge in [-0.3, -0.25) is 0 Å². The van der Waals surface area contributed by atoms with Crippen LogP contribution in [0, 0.1) is 0 Å². The molecule has 1 aliphatic rings. The van der Waals surface area contributed by atoms with Crippen LogP contribution in [0.4, 0.5) is 10.5 Å². The Kier molecular flexibility index (Phi) is 5.10. The van der Waals surface area contributed by atoms with Gasteiger partial charge in [0.25, 0.3) is 0 Å². The number of anilines is 1. The molecule has 1 fully saturated rings. The number of carbonyl (C=O) groups is 1. The van der Waals surface area contributed by atoms with Gasteiger partial charge in [0.1, 0.15) is 0 Å². The van der Waals surface area contributed by atoms with Crippen LogP contribution < -0.4 is 5.32 Å². The number of hydrogen-bond acceptors (Lipinski definition) is 2. The fraction of sp³-hybridized carbons (Fsp3) is 0.588. The van der Waals surface area contributed by atoms with Crippen molar-refractivity contribution >= 4 is 11.8 Å². The molecule has 0 saturated carbocycles. The third kappa shape index (κ3) is 3.90. The van der Waals surface area contributed by atoms with Gasteiger partial charge in [-0.25, -0.2) is 4.79 Å². The molecule has 0 unspecified atom stereocenters. The molecule has 1 saturated heterocycles. The number of aryl methyl sites for hydroxylation is 1. The van der Waals surface area contributed by atoms with E-state index in [4.69, 9.17) is 5.11 Å². The Morgan fingerprint density at radius 1 is 1.38 bits per heavy atom. The molecule has 0 spiro atoms. The van der Waals surface area contributed by atoms with E-state index in [9.17, 15) is 4.79 Å². The number of carboxylic acid groups (broad SMARTS) is 1. The molecule has 0 bridgehead atoms. The van der Waals surface area contributed by atoms with E-state index < -0.39 is 6.09 Å². The van der Waals surface area contributed by atoms with E-state index >= 15 is 0 Å². The summed E-state index contributed by atoms with van der Waals surface area (Å²) in [7, 11) is 0. The molecule has 4 heteroatoms. The van der Waals surface area contributed by atoms with Gasteiger partial charge < -0.3 is 15.3 Å². The number of nitrogens with one attached hydrogen (secondary N) is 1. The van der Waals surface area contributed by atoms with Gasteiger partial charge in [-0.15, -0.1) is 0 Å². The maximum atomic E-state index is 11.0. The SMILES string of the molecule is CCc1ccc(NC(C)C)cc1C1CCN(C(=O)O)CC1. The Balaban J connectivity index is 2.16. The largest absolute Gasteiger partial charge is 0.465 e. The molecule has 0 radical (unpaired) electrons.